The lowest BCUT2D eigenvalue weighted by molar-refractivity contribution is 0.283. The number of unbranched alkanes of at least 4 members (excludes halogenated alkanes) is 1. The molecular weight excluding hydrogens is 240 g/mol. The molecule has 0 saturated carbocycles. The maximum Gasteiger partial charge on any atom is 0.191 e. The van der Waals surface area contributed by atoms with E-state index in [1.807, 2.05) is 13.0 Å². The van der Waals surface area contributed by atoms with Crippen LogP contribution in [-0.2, 0) is 4.43 Å². The van der Waals surface area contributed by atoms with Gasteiger partial charge in [0.05, 0.1) is 6.61 Å². The maximum atomic E-state index is 8.72. The van der Waals surface area contributed by atoms with E-state index in [-0.39, 0.29) is 6.61 Å². The summed E-state index contributed by atoms with van der Waals surface area (Å²) in [5.74, 6) is 0. The predicted octanol–water partition coefficient (Wildman–Crippen LogP) is 4.28. The van der Waals surface area contributed by atoms with Gasteiger partial charge in [-0.05, 0) is 37.9 Å². The van der Waals surface area contributed by atoms with Gasteiger partial charge < -0.3 is 9.53 Å². The van der Waals surface area contributed by atoms with Crippen molar-refractivity contribution in [1.82, 2.24) is 0 Å². The molecule has 0 atom stereocenters. The summed E-state index contributed by atoms with van der Waals surface area (Å²) in [4.78, 5) is 0. The minimum Gasteiger partial charge on any atom is -0.417 e. The Morgan fingerprint density at radius 2 is 1.89 bits per heavy atom. The molecule has 2 nitrogen and oxygen atoms in total. The topological polar surface area (TPSA) is 29.5 Å². The van der Waals surface area contributed by atoms with Crippen molar-refractivity contribution >= 4 is 8.32 Å². The van der Waals surface area contributed by atoms with Crippen LogP contribution in [0, 0.1) is 0 Å². The third kappa shape index (κ3) is 7.14. The molecule has 0 heterocycles. The van der Waals surface area contributed by atoms with E-state index in [1.54, 1.807) is 0 Å². The van der Waals surface area contributed by atoms with Gasteiger partial charge in [-0.3, -0.25) is 0 Å². The third-order valence-corrected chi connectivity index (χ3v) is 8.12. The minimum atomic E-state index is -1.57. The molecule has 0 unspecified atom stereocenters. The number of rotatable bonds is 7. The highest BCUT2D eigenvalue weighted by Crippen LogP contribution is 2.36. The average molecular weight is 270 g/mol. The second-order valence-electron chi connectivity index (χ2n) is 6.28. The third-order valence-electron chi connectivity index (χ3n) is 3.58. The quantitative estimate of drug-likeness (QED) is 0.425. The van der Waals surface area contributed by atoms with Crippen molar-refractivity contribution < 1.29 is 9.53 Å². The summed E-state index contributed by atoms with van der Waals surface area (Å²) in [6, 6.07) is 0. The Balaban J connectivity index is 3.85. The largest absolute Gasteiger partial charge is 0.417 e. The van der Waals surface area contributed by atoms with Gasteiger partial charge in [0.1, 0.15) is 0 Å². The Hall–Kier alpha value is -0.383. The first-order chi connectivity index (χ1) is 8.20. The number of hydrogen-bond donors (Lipinski definition) is 1. The van der Waals surface area contributed by atoms with Crippen LogP contribution >= 0.6 is 0 Å². The Morgan fingerprint density at radius 3 is 2.39 bits per heavy atom. The van der Waals surface area contributed by atoms with E-state index in [2.05, 4.69) is 46.0 Å². The molecule has 0 fully saturated rings. The van der Waals surface area contributed by atoms with Crippen molar-refractivity contribution in [3.05, 3.63) is 23.8 Å². The molecule has 0 amide bonds. The van der Waals surface area contributed by atoms with Crippen molar-refractivity contribution in [3.8, 4) is 0 Å². The number of aliphatic hydroxyl groups excluding tert-OH is 1. The lowest BCUT2D eigenvalue weighted by Gasteiger charge is -2.36. The van der Waals surface area contributed by atoms with Crippen LogP contribution in [0.2, 0.25) is 18.1 Å². The fourth-order valence-electron chi connectivity index (χ4n) is 1.23. The number of allylic oxidation sites excluding steroid dienone is 3. The second-order valence-corrected chi connectivity index (χ2v) is 11.1. The van der Waals surface area contributed by atoms with Crippen LogP contribution in [-0.4, -0.2) is 26.6 Å². The van der Waals surface area contributed by atoms with Crippen molar-refractivity contribution in [2.75, 3.05) is 13.2 Å². The minimum absolute atomic E-state index is 0.116. The fraction of sp³-hybridized carbons (Fsp3) is 0.733. The van der Waals surface area contributed by atoms with Crippen LogP contribution in [0.5, 0.6) is 0 Å². The highest BCUT2D eigenvalue weighted by Gasteiger charge is 2.36. The van der Waals surface area contributed by atoms with Gasteiger partial charge in [0, 0.05) is 6.61 Å². The lowest BCUT2D eigenvalue weighted by atomic mass is 10.2. The molecule has 0 aliphatic heterocycles. The monoisotopic (exact) mass is 270 g/mol. The Morgan fingerprint density at radius 1 is 1.28 bits per heavy atom. The summed E-state index contributed by atoms with van der Waals surface area (Å²) in [6.07, 6.45) is 8.11. The predicted molar refractivity (Wildman–Crippen MR) is 82.4 cm³/mol. The summed E-state index contributed by atoms with van der Waals surface area (Å²) >= 11 is 0. The lowest BCUT2D eigenvalue weighted by Crippen LogP contribution is -2.40. The maximum absolute atomic E-state index is 8.72. The molecular formula is C15H30O2Si. The Bertz CT molecular complexity index is 285. The molecule has 3 heteroatoms. The second kappa shape index (κ2) is 7.92. The molecule has 0 rings (SSSR count). The zero-order valence-electron chi connectivity index (χ0n) is 12.9. The first kappa shape index (κ1) is 17.6. The molecule has 0 aromatic carbocycles. The van der Waals surface area contributed by atoms with E-state index in [1.165, 1.54) is 0 Å². The van der Waals surface area contributed by atoms with Crippen LogP contribution in [0.1, 0.15) is 40.5 Å². The standard InChI is InChI=1S/C15H30O2Si/c1-14(11-12-16)10-8-7-9-13-17-18(5,6)15(2,3)4/h8,10-11,16H,7,9,12-13H2,1-6H3/b10-8+,14-11-. The van der Waals surface area contributed by atoms with Crippen molar-refractivity contribution in [2.45, 2.75) is 58.7 Å². The summed E-state index contributed by atoms with van der Waals surface area (Å²) in [6.45, 7) is 14.3. The molecule has 0 radical (unpaired) electrons. The molecule has 0 aromatic heterocycles. The zero-order valence-corrected chi connectivity index (χ0v) is 13.9. The first-order valence-corrected chi connectivity index (χ1v) is 9.69. The first-order valence-electron chi connectivity index (χ1n) is 6.79. The summed E-state index contributed by atoms with van der Waals surface area (Å²) in [5, 5.41) is 9.01. The van der Waals surface area contributed by atoms with Gasteiger partial charge >= 0.3 is 0 Å². The van der Waals surface area contributed by atoms with E-state index in [9.17, 15) is 0 Å². The Kier molecular flexibility index (Phi) is 7.75. The zero-order chi connectivity index (χ0) is 14.2. The van der Waals surface area contributed by atoms with Gasteiger partial charge in [-0.15, -0.1) is 0 Å². The molecule has 1 N–H and O–H groups in total. The number of hydrogen-bond acceptors (Lipinski definition) is 2. The van der Waals surface area contributed by atoms with Crippen molar-refractivity contribution in [2.24, 2.45) is 0 Å². The van der Waals surface area contributed by atoms with Crippen LogP contribution in [0.15, 0.2) is 23.8 Å². The number of aliphatic hydroxyl groups is 1. The van der Waals surface area contributed by atoms with Gasteiger partial charge in [-0.25, -0.2) is 0 Å². The van der Waals surface area contributed by atoms with Gasteiger partial charge in [-0.2, -0.15) is 0 Å². The van der Waals surface area contributed by atoms with E-state index in [4.69, 9.17) is 9.53 Å². The van der Waals surface area contributed by atoms with Crippen LogP contribution in [0.25, 0.3) is 0 Å². The van der Waals surface area contributed by atoms with Gasteiger partial charge in [0.15, 0.2) is 8.32 Å². The van der Waals surface area contributed by atoms with Gasteiger partial charge in [-0.1, -0.05) is 44.6 Å². The van der Waals surface area contributed by atoms with E-state index >= 15 is 0 Å². The van der Waals surface area contributed by atoms with Crippen LogP contribution in [0.3, 0.4) is 0 Å². The average Bonchev–Trinajstić information content (AvgIpc) is 2.21. The highest BCUT2D eigenvalue weighted by molar-refractivity contribution is 6.74. The molecule has 0 aliphatic carbocycles. The highest BCUT2D eigenvalue weighted by atomic mass is 28.4. The fourth-order valence-corrected chi connectivity index (χ4v) is 2.31. The van der Waals surface area contributed by atoms with E-state index < -0.39 is 8.32 Å². The van der Waals surface area contributed by atoms with Gasteiger partial charge in [0.25, 0.3) is 0 Å². The van der Waals surface area contributed by atoms with Crippen LogP contribution in [0.4, 0.5) is 0 Å². The van der Waals surface area contributed by atoms with Gasteiger partial charge in [0.2, 0.25) is 0 Å². The van der Waals surface area contributed by atoms with Crippen molar-refractivity contribution in [1.29, 1.82) is 0 Å². The molecule has 0 spiro atoms. The molecule has 0 aromatic rings. The summed E-state index contributed by atoms with van der Waals surface area (Å²) < 4.78 is 6.10. The normalized spacial score (nSPS) is 14.5. The van der Waals surface area contributed by atoms with E-state index in [0.717, 1.165) is 25.0 Å². The molecule has 106 valence electrons. The van der Waals surface area contributed by atoms with E-state index in [0.29, 0.717) is 5.04 Å². The summed E-state index contributed by atoms with van der Waals surface area (Å²) in [5.41, 5.74) is 1.11. The van der Waals surface area contributed by atoms with Crippen molar-refractivity contribution in [3.63, 3.8) is 0 Å². The SMILES string of the molecule is CC(=C/CO)/C=C/CCCO[Si](C)(C)C(C)(C)C. The molecule has 0 bridgehead atoms. The molecule has 18 heavy (non-hydrogen) atoms. The smallest absolute Gasteiger partial charge is 0.191 e. The van der Waals surface area contributed by atoms with Crippen LogP contribution < -0.4 is 0 Å². The Labute approximate surface area is 114 Å². The molecule has 0 saturated heterocycles. The molecule has 0 aliphatic rings. The summed E-state index contributed by atoms with van der Waals surface area (Å²) in [7, 11) is -1.57.